The average Bonchev–Trinajstić information content (AvgIpc) is 2.37. The van der Waals surface area contributed by atoms with Crippen LogP contribution in [0.3, 0.4) is 0 Å². The van der Waals surface area contributed by atoms with E-state index in [1.807, 2.05) is 45.0 Å². The van der Waals surface area contributed by atoms with Gasteiger partial charge in [-0.3, -0.25) is 0 Å². The van der Waals surface area contributed by atoms with Crippen LogP contribution in [0.5, 0.6) is 5.75 Å². The molecule has 0 aliphatic carbocycles. The highest BCUT2D eigenvalue weighted by Crippen LogP contribution is 2.32. The zero-order chi connectivity index (χ0) is 14.9. The van der Waals surface area contributed by atoms with Crippen molar-refractivity contribution >= 4 is 0 Å². The average molecular weight is 273 g/mol. The van der Waals surface area contributed by atoms with Gasteiger partial charge in [-0.25, -0.2) is 4.39 Å². The molecular weight excluding hydrogens is 253 g/mol. The van der Waals surface area contributed by atoms with Crippen LogP contribution < -0.4 is 10.5 Å². The van der Waals surface area contributed by atoms with Crippen molar-refractivity contribution in [1.82, 2.24) is 0 Å². The van der Waals surface area contributed by atoms with Crippen LogP contribution in [-0.4, -0.2) is 7.11 Å². The minimum absolute atomic E-state index is 0.265. The van der Waals surface area contributed by atoms with Gasteiger partial charge >= 0.3 is 0 Å². The van der Waals surface area contributed by atoms with Crippen molar-refractivity contribution in [3.8, 4) is 5.75 Å². The molecule has 1 atom stereocenters. The summed E-state index contributed by atoms with van der Waals surface area (Å²) in [5.41, 5.74) is 10.5. The van der Waals surface area contributed by atoms with Crippen molar-refractivity contribution < 1.29 is 9.13 Å². The zero-order valence-corrected chi connectivity index (χ0v) is 12.3. The highest BCUT2D eigenvalue weighted by atomic mass is 19.1. The molecule has 0 aliphatic heterocycles. The Morgan fingerprint density at radius 2 is 1.75 bits per heavy atom. The van der Waals surface area contributed by atoms with Crippen LogP contribution in [0.1, 0.15) is 33.9 Å². The van der Waals surface area contributed by atoms with Crippen LogP contribution in [0.2, 0.25) is 0 Å². The molecule has 0 spiro atoms. The summed E-state index contributed by atoms with van der Waals surface area (Å²) < 4.78 is 19.6. The summed E-state index contributed by atoms with van der Waals surface area (Å²) in [5, 5.41) is 0. The van der Waals surface area contributed by atoms with Gasteiger partial charge in [0.1, 0.15) is 11.6 Å². The smallest absolute Gasteiger partial charge is 0.128 e. The number of ether oxygens (including phenoxy) is 1. The summed E-state index contributed by atoms with van der Waals surface area (Å²) in [4.78, 5) is 0. The van der Waals surface area contributed by atoms with Gasteiger partial charge in [0.15, 0.2) is 0 Å². The number of hydrogen-bond donors (Lipinski definition) is 1. The van der Waals surface area contributed by atoms with Gasteiger partial charge in [-0.05, 0) is 44.0 Å². The summed E-state index contributed by atoms with van der Waals surface area (Å²) in [6.07, 6.45) is 0. The lowest BCUT2D eigenvalue weighted by Crippen LogP contribution is -2.16. The van der Waals surface area contributed by atoms with Crippen molar-refractivity contribution in [2.45, 2.75) is 26.8 Å². The molecular formula is C17H20FNO. The predicted octanol–water partition coefficient (Wildman–Crippen LogP) is 3.81. The second-order valence-electron chi connectivity index (χ2n) is 5.20. The molecule has 2 nitrogen and oxygen atoms in total. The normalized spacial score (nSPS) is 12.3. The third-order valence-electron chi connectivity index (χ3n) is 3.51. The molecule has 0 fully saturated rings. The maximum Gasteiger partial charge on any atom is 0.128 e. The lowest BCUT2D eigenvalue weighted by molar-refractivity contribution is 0.407. The Morgan fingerprint density at radius 3 is 2.35 bits per heavy atom. The number of rotatable bonds is 3. The Labute approximate surface area is 119 Å². The number of hydrogen-bond acceptors (Lipinski definition) is 2. The first-order valence-corrected chi connectivity index (χ1v) is 6.60. The molecule has 20 heavy (non-hydrogen) atoms. The van der Waals surface area contributed by atoms with Gasteiger partial charge in [-0.1, -0.05) is 23.8 Å². The van der Waals surface area contributed by atoms with Crippen LogP contribution in [0.4, 0.5) is 4.39 Å². The van der Waals surface area contributed by atoms with Crippen molar-refractivity contribution in [1.29, 1.82) is 0 Å². The van der Waals surface area contributed by atoms with Crippen LogP contribution >= 0.6 is 0 Å². The Bertz CT molecular complexity index is 614. The fraction of sp³-hybridized carbons (Fsp3) is 0.294. The molecule has 1 unspecified atom stereocenters. The molecule has 106 valence electrons. The van der Waals surface area contributed by atoms with Crippen molar-refractivity contribution in [3.05, 3.63) is 64.0 Å². The molecule has 0 amide bonds. The maximum atomic E-state index is 14.3. The predicted molar refractivity (Wildman–Crippen MR) is 79.6 cm³/mol. The summed E-state index contributed by atoms with van der Waals surface area (Å²) in [6.45, 7) is 5.74. The maximum absolute atomic E-state index is 14.3. The van der Waals surface area contributed by atoms with E-state index in [9.17, 15) is 4.39 Å². The molecule has 0 heterocycles. The SMILES string of the molecule is COc1ccc(C)cc1C(N)c1c(C)cc(C)cc1F. The highest BCUT2D eigenvalue weighted by Gasteiger charge is 2.20. The third-order valence-corrected chi connectivity index (χ3v) is 3.51. The van der Waals surface area contributed by atoms with E-state index >= 15 is 0 Å². The Morgan fingerprint density at radius 1 is 1.05 bits per heavy atom. The highest BCUT2D eigenvalue weighted by molar-refractivity contribution is 5.46. The first-order valence-electron chi connectivity index (χ1n) is 6.60. The fourth-order valence-electron chi connectivity index (χ4n) is 2.57. The minimum atomic E-state index is -0.537. The van der Waals surface area contributed by atoms with Gasteiger partial charge in [0, 0.05) is 11.1 Å². The van der Waals surface area contributed by atoms with Gasteiger partial charge < -0.3 is 10.5 Å². The first-order chi connectivity index (χ1) is 9.43. The van der Waals surface area contributed by atoms with Crippen LogP contribution in [0.15, 0.2) is 30.3 Å². The van der Waals surface area contributed by atoms with E-state index in [2.05, 4.69) is 0 Å². The van der Waals surface area contributed by atoms with E-state index in [4.69, 9.17) is 10.5 Å². The summed E-state index contributed by atoms with van der Waals surface area (Å²) in [5.74, 6) is 0.418. The number of nitrogens with two attached hydrogens (primary N) is 1. The van der Waals surface area contributed by atoms with Crippen LogP contribution in [0.25, 0.3) is 0 Å². The standard InChI is InChI=1S/C17H20FNO/c1-10-5-6-15(20-4)13(8-10)17(19)16-12(3)7-11(2)9-14(16)18/h5-9,17H,19H2,1-4H3. The molecule has 0 bridgehead atoms. The topological polar surface area (TPSA) is 35.2 Å². The Balaban J connectivity index is 2.57. The second kappa shape index (κ2) is 5.63. The quantitative estimate of drug-likeness (QED) is 0.923. The lowest BCUT2D eigenvalue weighted by Gasteiger charge is -2.19. The van der Waals surface area contributed by atoms with E-state index in [1.54, 1.807) is 7.11 Å². The molecule has 2 aromatic carbocycles. The molecule has 0 aromatic heterocycles. The van der Waals surface area contributed by atoms with Crippen LogP contribution in [-0.2, 0) is 0 Å². The Hall–Kier alpha value is -1.87. The van der Waals surface area contributed by atoms with E-state index in [0.29, 0.717) is 11.3 Å². The Kier molecular flexibility index (Phi) is 4.09. The number of aryl methyl sites for hydroxylation is 3. The van der Waals surface area contributed by atoms with E-state index in [0.717, 1.165) is 22.3 Å². The van der Waals surface area contributed by atoms with Crippen molar-refractivity contribution in [2.75, 3.05) is 7.11 Å². The molecule has 2 N–H and O–H groups in total. The molecule has 0 radical (unpaired) electrons. The van der Waals surface area contributed by atoms with Gasteiger partial charge in [0.05, 0.1) is 13.2 Å². The molecule has 0 saturated heterocycles. The van der Waals surface area contributed by atoms with Gasteiger partial charge in [0.2, 0.25) is 0 Å². The number of halogens is 1. The van der Waals surface area contributed by atoms with Crippen LogP contribution in [0, 0.1) is 26.6 Å². The largest absolute Gasteiger partial charge is 0.496 e. The van der Waals surface area contributed by atoms with Crippen molar-refractivity contribution in [2.24, 2.45) is 5.73 Å². The van der Waals surface area contributed by atoms with Gasteiger partial charge in [-0.2, -0.15) is 0 Å². The molecule has 2 aromatic rings. The molecule has 0 aliphatic rings. The summed E-state index contributed by atoms with van der Waals surface area (Å²) in [7, 11) is 1.60. The second-order valence-corrected chi connectivity index (χ2v) is 5.20. The fourth-order valence-corrected chi connectivity index (χ4v) is 2.57. The van der Waals surface area contributed by atoms with Gasteiger partial charge in [0.25, 0.3) is 0 Å². The van der Waals surface area contributed by atoms with Crippen molar-refractivity contribution in [3.63, 3.8) is 0 Å². The van der Waals surface area contributed by atoms with E-state index in [-0.39, 0.29) is 5.82 Å². The third kappa shape index (κ3) is 2.68. The minimum Gasteiger partial charge on any atom is -0.496 e. The first kappa shape index (κ1) is 14.5. The summed E-state index contributed by atoms with van der Waals surface area (Å²) in [6, 6.07) is 8.69. The summed E-state index contributed by atoms with van der Waals surface area (Å²) >= 11 is 0. The number of benzene rings is 2. The van der Waals surface area contributed by atoms with Gasteiger partial charge in [-0.15, -0.1) is 0 Å². The molecule has 0 saturated carbocycles. The monoisotopic (exact) mass is 273 g/mol. The zero-order valence-electron chi connectivity index (χ0n) is 12.3. The number of methoxy groups -OCH3 is 1. The molecule has 3 heteroatoms. The lowest BCUT2D eigenvalue weighted by atomic mass is 9.92. The molecule has 2 rings (SSSR count). The van der Waals surface area contributed by atoms with E-state index < -0.39 is 6.04 Å². The van der Waals surface area contributed by atoms with E-state index in [1.165, 1.54) is 6.07 Å².